The van der Waals surface area contributed by atoms with Crippen LogP contribution < -0.4 is 4.74 Å². The molecule has 17 heavy (non-hydrogen) atoms. The van der Waals surface area contributed by atoms with E-state index in [-0.39, 0.29) is 0 Å². The summed E-state index contributed by atoms with van der Waals surface area (Å²) in [6.45, 7) is 7.46. The summed E-state index contributed by atoms with van der Waals surface area (Å²) in [5.41, 5.74) is 1.39. The summed E-state index contributed by atoms with van der Waals surface area (Å²) in [5.74, 6) is 2.20. The third-order valence-corrected chi connectivity index (χ3v) is 3.90. The fourth-order valence-electron chi connectivity index (χ4n) is 1.66. The quantitative estimate of drug-likeness (QED) is 0.664. The van der Waals surface area contributed by atoms with Gasteiger partial charge < -0.3 is 4.74 Å². The van der Waals surface area contributed by atoms with Crippen molar-refractivity contribution in [3.05, 3.63) is 29.8 Å². The second-order valence-electron chi connectivity index (χ2n) is 4.86. The number of benzene rings is 1. The Morgan fingerprint density at radius 1 is 1.18 bits per heavy atom. The van der Waals surface area contributed by atoms with Crippen LogP contribution in [0.5, 0.6) is 5.75 Å². The number of aryl methyl sites for hydroxylation is 1. The van der Waals surface area contributed by atoms with Crippen molar-refractivity contribution in [2.75, 3.05) is 11.9 Å². The van der Waals surface area contributed by atoms with Gasteiger partial charge in [0.05, 0.1) is 6.61 Å². The van der Waals surface area contributed by atoms with Gasteiger partial charge in [-0.05, 0) is 30.0 Å². The highest BCUT2D eigenvalue weighted by Crippen LogP contribution is 2.18. The van der Waals surface area contributed by atoms with Crippen LogP contribution in [-0.4, -0.2) is 11.9 Å². The maximum Gasteiger partial charge on any atom is 0.119 e. The lowest BCUT2D eigenvalue weighted by Crippen LogP contribution is -2.19. The van der Waals surface area contributed by atoms with E-state index in [2.05, 4.69) is 61.0 Å². The predicted molar refractivity (Wildman–Crippen MR) is 78.1 cm³/mol. The van der Waals surface area contributed by atoms with E-state index in [1.807, 2.05) is 0 Å². The number of hydrogen-bond acceptors (Lipinski definition) is 1. The molecule has 0 fully saturated rings. The molecule has 1 rings (SSSR count). The van der Waals surface area contributed by atoms with E-state index in [1.54, 1.807) is 0 Å². The normalized spacial score (nSPS) is 12.8. The van der Waals surface area contributed by atoms with Crippen LogP contribution in [0.2, 0.25) is 0 Å². The first-order valence-corrected chi connectivity index (χ1v) is 7.57. The van der Waals surface area contributed by atoms with Crippen LogP contribution in [0, 0.1) is 11.8 Å². The summed E-state index contributed by atoms with van der Waals surface area (Å²) in [6.07, 6.45) is 2.34. The minimum atomic E-state index is 0.574. The lowest BCUT2D eigenvalue weighted by Gasteiger charge is -2.18. The molecule has 0 aliphatic carbocycles. The monoisotopic (exact) mass is 298 g/mol. The van der Waals surface area contributed by atoms with Gasteiger partial charge in [-0.3, -0.25) is 0 Å². The Bertz CT molecular complexity index is 305. The Kier molecular flexibility index (Phi) is 6.64. The molecule has 1 unspecified atom stereocenters. The van der Waals surface area contributed by atoms with Gasteiger partial charge in [-0.1, -0.05) is 55.3 Å². The summed E-state index contributed by atoms with van der Waals surface area (Å²) in [5, 5.41) is 0.999. The highest BCUT2D eigenvalue weighted by Gasteiger charge is 2.12. The van der Waals surface area contributed by atoms with E-state index < -0.39 is 0 Å². The molecule has 0 saturated carbocycles. The molecule has 0 amide bonds. The summed E-state index contributed by atoms with van der Waals surface area (Å²) in [4.78, 5) is 0. The van der Waals surface area contributed by atoms with Crippen LogP contribution in [0.1, 0.15) is 32.8 Å². The van der Waals surface area contributed by atoms with Crippen LogP contribution in [-0.2, 0) is 6.42 Å². The molecule has 0 saturated heterocycles. The first kappa shape index (κ1) is 14.6. The summed E-state index contributed by atoms with van der Waals surface area (Å²) in [6, 6.07) is 8.49. The molecule has 0 aliphatic heterocycles. The zero-order valence-corrected chi connectivity index (χ0v) is 12.7. The Labute approximate surface area is 114 Å². The molecule has 0 radical (unpaired) electrons. The van der Waals surface area contributed by atoms with E-state index in [4.69, 9.17) is 4.74 Å². The zero-order valence-electron chi connectivity index (χ0n) is 11.1. The van der Waals surface area contributed by atoms with Crippen LogP contribution in [0.25, 0.3) is 0 Å². The average Bonchev–Trinajstić information content (AvgIpc) is 2.32. The van der Waals surface area contributed by atoms with Crippen molar-refractivity contribution in [2.45, 2.75) is 33.6 Å². The van der Waals surface area contributed by atoms with Gasteiger partial charge in [-0.2, -0.15) is 0 Å². The minimum Gasteiger partial charge on any atom is -0.493 e. The molecular formula is C15H23BrO. The fraction of sp³-hybridized carbons (Fsp3) is 0.600. The first-order valence-electron chi connectivity index (χ1n) is 6.45. The first-order chi connectivity index (χ1) is 8.17. The Balaban J connectivity index is 2.46. The van der Waals surface area contributed by atoms with Crippen LogP contribution in [0.3, 0.4) is 0 Å². The van der Waals surface area contributed by atoms with Crippen LogP contribution >= 0.6 is 15.9 Å². The summed E-state index contributed by atoms with van der Waals surface area (Å²) < 4.78 is 5.82. The van der Waals surface area contributed by atoms with Crippen molar-refractivity contribution < 1.29 is 4.74 Å². The molecule has 1 atom stereocenters. The Hall–Kier alpha value is -0.500. The molecule has 0 N–H and O–H groups in total. The van der Waals surface area contributed by atoms with E-state index in [0.29, 0.717) is 11.8 Å². The largest absolute Gasteiger partial charge is 0.493 e. The van der Waals surface area contributed by atoms with Gasteiger partial charge in [-0.15, -0.1) is 0 Å². The molecule has 0 bridgehead atoms. The summed E-state index contributed by atoms with van der Waals surface area (Å²) >= 11 is 3.54. The van der Waals surface area contributed by atoms with Gasteiger partial charge in [0.25, 0.3) is 0 Å². The third-order valence-electron chi connectivity index (χ3n) is 3.07. The lowest BCUT2D eigenvalue weighted by atomic mass is 9.99. The van der Waals surface area contributed by atoms with Crippen molar-refractivity contribution in [3.8, 4) is 5.75 Å². The van der Waals surface area contributed by atoms with Crippen molar-refractivity contribution in [3.63, 3.8) is 0 Å². The number of hydrogen-bond donors (Lipinski definition) is 0. The van der Waals surface area contributed by atoms with Crippen molar-refractivity contribution >= 4 is 15.9 Å². The molecule has 0 aromatic heterocycles. The van der Waals surface area contributed by atoms with E-state index in [0.717, 1.165) is 24.1 Å². The predicted octanol–water partition coefficient (Wildman–Crippen LogP) is 4.69. The molecule has 0 spiro atoms. The van der Waals surface area contributed by atoms with Gasteiger partial charge in [0.15, 0.2) is 0 Å². The van der Waals surface area contributed by atoms with E-state index in [9.17, 15) is 0 Å². The Morgan fingerprint density at radius 3 is 2.29 bits per heavy atom. The van der Waals surface area contributed by atoms with Gasteiger partial charge in [0, 0.05) is 11.2 Å². The smallest absolute Gasteiger partial charge is 0.119 e. The van der Waals surface area contributed by atoms with E-state index in [1.165, 1.54) is 12.0 Å². The van der Waals surface area contributed by atoms with Crippen LogP contribution in [0.4, 0.5) is 0 Å². The lowest BCUT2D eigenvalue weighted by molar-refractivity contribution is 0.227. The van der Waals surface area contributed by atoms with Gasteiger partial charge >= 0.3 is 0 Å². The van der Waals surface area contributed by atoms with Gasteiger partial charge in [-0.25, -0.2) is 0 Å². The average molecular weight is 299 g/mol. The van der Waals surface area contributed by atoms with Crippen molar-refractivity contribution in [1.82, 2.24) is 0 Å². The number of halogens is 1. The topological polar surface area (TPSA) is 9.23 Å². The van der Waals surface area contributed by atoms with Gasteiger partial charge in [0.1, 0.15) is 5.75 Å². The molecule has 1 aromatic carbocycles. The molecule has 0 heterocycles. The number of alkyl halides is 1. The highest BCUT2D eigenvalue weighted by atomic mass is 79.9. The molecule has 0 aliphatic rings. The highest BCUT2D eigenvalue weighted by molar-refractivity contribution is 9.09. The number of ether oxygens (including phenoxy) is 1. The van der Waals surface area contributed by atoms with E-state index >= 15 is 0 Å². The van der Waals surface area contributed by atoms with Crippen LogP contribution in [0.15, 0.2) is 24.3 Å². The number of rotatable bonds is 7. The molecule has 96 valence electrons. The second-order valence-corrected chi connectivity index (χ2v) is 5.51. The molecular weight excluding hydrogens is 276 g/mol. The third kappa shape index (κ3) is 5.12. The molecule has 2 heteroatoms. The standard InChI is InChI=1S/C15H23BrO/c1-4-5-13-6-8-15(9-7-13)17-11-14(10-16)12(2)3/h6-9,12,14H,4-5,10-11H2,1-3H3. The van der Waals surface area contributed by atoms with Crippen molar-refractivity contribution in [2.24, 2.45) is 11.8 Å². The maximum atomic E-state index is 5.82. The SMILES string of the molecule is CCCc1ccc(OCC(CBr)C(C)C)cc1. The van der Waals surface area contributed by atoms with Crippen molar-refractivity contribution in [1.29, 1.82) is 0 Å². The maximum absolute atomic E-state index is 5.82. The summed E-state index contributed by atoms with van der Waals surface area (Å²) in [7, 11) is 0. The minimum absolute atomic E-state index is 0.574. The van der Waals surface area contributed by atoms with Gasteiger partial charge in [0.2, 0.25) is 0 Å². The fourth-order valence-corrected chi connectivity index (χ4v) is 2.59. The zero-order chi connectivity index (χ0) is 12.7. The Morgan fingerprint density at radius 2 is 1.82 bits per heavy atom. The molecule has 1 nitrogen and oxygen atoms in total. The second kappa shape index (κ2) is 7.75. The molecule has 1 aromatic rings.